The van der Waals surface area contributed by atoms with E-state index in [0.29, 0.717) is 0 Å². The van der Waals surface area contributed by atoms with Crippen LogP contribution < -0.4 is 10.2 Å². The summed E-state index contributed by atoms with van der Waals surface area (Å²) in [5.74, 6) is 0. The van der Waals surface area contributed by atoms with E-state index in [4.69, 9.17) is 0 Å². The Hall–Kier alpha value is -1.18. The van der Waals surface area contributed by atoms with Gasteiger partial charge in [0.2, 0.25) is 0 Å². The smallest absolute Gasteiger partial charge is 0.0607 e. The van der Waals surface area contributed by atoms with Gasteiger partial charge in [-0.25, -0.2) is 0 Å². The first-order chi connectivity index (χ1) is 6.84. The van der Waals surface area contributed by atoms with Gasteiger partial charge in [-0.05, 0) is 37.5 Å². The van der Waals surface area contributed by atoms with Crippen LogP contribution in [0, 0.1) is 6.92 Å². The molecule has 2 heteroatoms. The zero-order valence-corrected chi connectivity index (χ0v) is 8.59. The van der Waals surface area contributed by atoms with Gasteiger partial charge in [-0.3, -0.25) is 0 Å². The van der Waals surface area contributed by atoms with Crippen LogP contribution in [0.1, 0.15) is 18.4 Å². The summed E-state index contributed by atoms with van der Waals surface area (Å²) < 4.78 is 0. The van der Waals surface area contributed by atoms with Crippen LogP contribution in [0.15, 0.2) is 18.2 Å². The molecule has 0 radical (unpaired) electrons. The summed E-state index contributed by atoms with van der Waals surface area (Å²) in [5, 5.41) is 3.52. The van der Waals surface area contributed by atoms with Gasteiger partial charge < -0.3 is 10.2 Å². The Bertz CT molecular complexity index is 359. The molecule has 2 nitrogen and oxygen atoms in total. The molecule has 1 unspecified atom stereocenters. The van der Waals surface area contributed by atoms with Crippen molar-refractivity contribution < 1.29 is 0 Å². The number of hydrogen-bond donors (Lipinski definition) is 1. The standard InChI is InChI=1S/C12H16N2/c1-9-4-5-11-12(7-9)14-6-2-3-10(14)8-13-11/h4-5,7,10,13H,2-3,6,8H2,1H3. The van der Waals surface area contributed by atoms with Crippen LogP contribution in [-0.4, -0.2) is 19.1 Å². The largest absolute Gasteiger partial charge is 0.381 e. The SMILES string of the molecule is Cc1ccc2c(c1)N1CCCC1CN2. The van der Waals surface area contributed by atoms with Crippen LogP contribution in [0.3, 0.4) is 0 Å². The zero-order chi connectivity index (χ0) is 9.54. The number of nitrogens with zero attached hydrogens (tertiary/aromatic N) is 1. The van der Waals surface area contributed by atoms with Gasteiger partial charge in [0.25, 0.3) is 0 Å². The lowest BCUT2D eigenvalue weighted by atomic mass is 10.1. The van der Waals surface area contributed by atoms with Gasteiger partial charge in [-0.15, -0.1) is 0 Å². The number of nitrogens with one attached hydrogen (secondary N) is 1. The van der Waals surface area contributed by atoms with E-state index in [1.54, 1.807) is 0 Å². The van der Waals surface area contributed by atoms with Gasteiger partial charge in [-0.2, -0.15) is 0 Å². The summed E-state index contributed by atoms with van der Waals surface area (Å²) in [6, 6.07) is 7.44. The molecule has 0 aromatic heterocycles. The van der Waals surface area contributed by atoms with Crippen LogP contribution in [0.25, 0.3) is 0 Å². The van der Waals surface area contributed by atoms with E-state index in [0.717, 1.165) is 12.6 Å². The van der Waals surface area contributed by atoms with Crippen LogP contribution >= 0.6 is 0 Å². The summed E-state index contributed by atoms with van der Waals surface area (Å²) >= 11 is 0. The van der Waals surface area contributed by atoms with Crippen molar-refractivity contribution in [2.75, 3.05) is 23.3 Å². The number of fused-ring (bicyclic) bond motifs is 3. The first kappa shape index (κ1) is 8.16. The van der Waals surface area contributed by atoms with E-state index in [1.165, 1.54) is 36.3 Å². The predicted octanol–water partition coefficient (Wildman–Crippen LogP) is 2.39. The number of hydrogen-bond acceptors (Lipinski definition) is 2. The minimum Gasteiger partial charge on any atom is -0.381 e. The fraction of sp³-hybridized carbons (Fsp3) is 0.500. The van der Waals surface area contributed by atoms with Crippen molar-refractivity contribution >= 4 is 11.4 Å². The van der Waals surface area contributed by atoms with Gasteiger partial charge >= 0.3 is 0 Å². The van der Waals surface area contributed by atoms with E-state index in [9.17, 15) is 0 Å². The van der Waals surface area contributed by atoms with Gasteiger partial charge in [0.1, 0.15) is 0 Å². The molecule has 3 rings (SSSR count). The monoisotopic (exact) mass is 188 g/mol. The Balaban J connectivity index is 2.07. The fourth-order valence-electron chi connectivity index (χ4n) is 2.62. The van der Waals surface area contributed by atoms with Crippen LogP contribution in [0.5, 0.6) is 0 Å². The Morgan fingerprint density at radius 3 is 3.29 bits per heavy atom. The van der Waals surface area contributed by atoms with E-state index < -0.39 is 0 Å². The first-order valence-corrected chi connectivity index (χ1v) is 5.46. The average Bonchev–Trinajstić information content (AvgIpc) is 2.65. The highest BCUT2D eigenvalue weighted by Crippen LogP contribution is 2.36. The lowest BCUT2D eigenvalue weighted by Crippen LogP contribution is -2.39. The van der Waals surface area contributed by atoms with Crippen molar-refractivity contribution in [1.29, 1.82) is 0 Å². The maximum atomic E-state index is 3.52. The molecular weight excluding hydrogens is 172 g/mol. The van der Waals surface area contributed by atoms with Crippen LogP contribution in [-0.2, 0) is 0 Å². The summed E-state index contributed by atoms with van der Waals surface area (Å²) in [5.41, 5.74) is 4.09. The third-order valence-corrected chi connectivity index (χ3v) is 3.37. The van der Waals surface area contributed by atoms with Gasteiger partial charge in [-0.1, -0.05) is 6.07 Å². The van der Waals surface area contributed by atoms with Crippen LogP contribution in [0.4, 0.5) is 11.4 Å². The second-order valence-electron chi connectivity index (χ2n) is 4.39. The average molecular weight is 188 g/mol. The normalized spacial score (nSPS) is 24.1. The molecule has 1 fully saturated rings. The third-order valence-electron chi connectivity index (χ3n) is 3.37. The highest BCUT2D eigenvalue weighted by Gasteiger charge is 2.29. The van der Waals surface area contributed by atoms with Crippen molar-refractivity contribution in [3.63, 3.8) is 0 Å². The second kappa shape index (κ2) is 2.91. The Kier molecular flexibility index (Phi) is 1.69. The van der Waals surface area contributed by atoms with Crippen molar-refractivity contribution in [2.24, 2.45) is 0 Å². The summed E-state index contributed by atoms with van der Waals surface area (Å²) in [6.45, 7) is 4.53. The van der Waals surface area contributed by atoms with Crippen molar-refractivity contribution in [3.05, 3.63) is 23.8 Å². The minimum atomic E-state index is 0.740. The summed E-state index contributed by atoms with van der Waals surface area (Å²) in [6.07, 6.45) is 2.69. The maximum Gasteiger partial charge on any atom is 0.0607 e. The molecule has 0 saturated carbocycles. The lowest BCUT2D eigenvalue weighted by molar-refractivity contribution is 0.683. The van der Waals surface area contributed by atoms with E-state index in [-0.39, 0.29) is 0 Å². The lowest BCUT2D eigenvalue weighted by Gasteiger charge is -2.34. The molecule has 1 N–H and O–H groups in total. The number of anilines is 2. The molecule has 2 heterocycles. The van der Waals surface area contributed by atoms with E-state index >= 15 is 0 Å². The Morgan fingerprint density at radius 1 is 1.43 bits per heavy atom. The highest BCUT2D eigenvalue weighted by atomic mass is 15.2. The summed E-state index contributed by atoms with van der Waals surface area (Å²) in [7, 11) is 0. The fourth-order valence-corrected chi connectivity index (χ4v) is 2.62. The van der Waals surface area contributed by atoms with Crippen molar-refractivity contribution in [1.82, 2.24) is 0 Å². The number of rotatable bonds is 0. The third kappa shape index (κ3) is 1.10. The minimum absolute atomic E-state index is 0.740. The van der Waals surface area contributed by atoms with E-state index in [1.807, 2.05) is 0 Å². The topological polar surface area (TPSA) is 15.3 Å². The van der Waals surface area contributed by atoms with Gasteiger partial charge in [0.15, 0.2) is 0 Å². The molecule has 14 heavy (non-hydrogen) atoms. The Labute approximate surface area is 84.9 Å². The van der Waals surface area contributed by atoms with Gasteiger partial charge in [0.05, 0.1) is 11.4 Å². The number of benzene rings is 1. The molecule has 1 saturated heterocycles. The molecule has 74 valence electrons. The summed E-state index contributed by atoms with van der Waals surface area (Å²) in [4.78, 5) is 2.57. The molecular formula is C12H16N2. The second-order valence-corrected chi connectivity index (χ2v) is 4.39. The van der Waals surface area contributed by atoms with Crippen molar-refractivity contribution in [3.8, 4) is 0 Å². The molecule has 2 aliphatic rings. The molecule has 0 bridgehead atoms. The highest BCUT2D eigenvalue weighted by molar-refractivity contribution is 5.74. The van der Waals surface area contributed by atoms with Crippen molar-refractivity contribution in [2.45, 2.75) is 25.8 Å². The molecule has 1 atom stereocenters. The predicted molar refractivity (Wildman–Crippen MR) is 60.0 cm³/mol. The zero-order valence-electron chi connectivity index (χ0n) is 8.59. The molecule has 1 aromatic rings. The first-order valence-electron chi connectivity index (χ1n) is 5.46. The van der Waals surface area contributed by atoms with Gasteiger partial charge in [0, 0.05) is 19.1 Å². The maximum absolute atomic E-state index is 3.52. The molecule has 2 aliphatic heterocycles. The number of aryl methyl sites for hydroxylation is 1. The molecule has 1 aromatic carbocycles. The Morgan fingerprint density at radius 2 is 2.36 bits per heavy atom. The quantitative estimate of drug-likeness (QED) is 0.672. The molecule has 0 spiro atoms. The molecule has 0 aliphatic carbocycles. The van der Waals surface area contributed by atoms with Crippen LogP contribution in [0.2, 0.25) is 0 Å². The molecule has 0 amide bonds. The van der Waals surface area contributed by atoms with E-state index in [2.05, 4.69) is 35.3 Å².